The number of carbonyl (C=O) groups excluding carboxylic acids is 1. The average Bonchev–Trinajstić information content (AvgIpc) is 2.33. The minimum absolute atomic E-state index is 0.00704. The molecule has 5 heteroatoms. The van der Waals surface area contributed by atoms with E-state index in [0.29, 0.717) is 5.69 Å². The van der Waals surface area contributed by atoms with Crippen LogP contribution in [0.2, 0.25) is 0 Å². The molecule has 0 aliphatic carbocycles. The molecule has 1 atom stereocenters. The van der Waals surface area contributed by atoms with E-state index in [1.54, 1.807) is 6.92 Å². The second kappa shape index (κ2) is 2.69. The second-order valence-electron chi connectivity index (χ2n) is 2.37. The van der Waals surface area contributed by atoms with E-state index in [0.717, 1.165) is 0 Å². The molecule has 0 aromatic carbocycles. The van der Waals surface area contributed by atoms with Crippen molar-refractivity contribution in [2.75, 3.05) is 5.73 Å². The number of aromatic nitrogens is 2. The van der Waals surface area contributed by atoms with E-state index < -0.39 is 0 Å². The van der Waals surface area contributed by atoms with Crippen molar-refractivity contribution in [3.05, 3.63) is 5.69 Å². The van der Waals surface area contributed by atoms with Crippen LogP contribution < -0.4 is 5.73 Å². The third-order valence-electron chi connectivity index (χ3n) is 1.56. The van der Waals surface area contributed by atoms with E-state index >= 15 is 0 Å². The van der Waals surface area contributed by atoms with Gasteiger partial charge < -0.3 is 5.73 Å². The van der Waals surface area contributed by atoms with Gasteiger partial charge in [-0.2, -0.15) is 0 Å². The van der Waals surface area contributed by atoms with Gasteiger partial charge in [-0.3, -0.25) is 4.79 Å². The Morgan fingerprint density at radius 2 is 2.27 bits per heavy atom. The number of nitrogen functional groups attached to an aromatic ring is 1. The monoisotopic (exact) mass is 155 g/mol. The number of Topliss-reactive ketones (excluding diaryl/α,β-unsaturated/α-hetero) is 1. The van der Waals surface area contributed by atoms with Gasteiger partial charge in [0.15, 0.2) is 5.82 Å². The van der Waals surface area contributed by atoms with Crippen LogP contribution in [-0.2, 0) is 4.79 Å². The zero-order valence-corrected chi connectivity index (χ0v) is 6.37. The molecule has 1 heterocycles. The van der Waals surface area contributed by atoms with Crippen LogP contribution in [0.15, 0.2) is 4.63 Å². The van der Waals surface area contributed by atoms with Gasteiger partial charge >= 0.3 is 0 Å². The first kappa shape index (κ1) is 7.71. The predicted molar refractivity (Wildman–Crippen MR) is 37.8 cm³/mol. The standard InChI is InChI=1S/C6H9N3O2/c1-3(4(2)10)5-6(7)9-11-8-5/h3H,1-2H3,(H2,7,9). The summed E-state index contributed by atoms with van der Waals surface area (Å²) in [6, 6.07) is 0. The lowest BCUT2D eigenvalue weighted by atomic mass is 10.0. The molecule has 11 heavy (non-hydrogen) atoms. The van der Waals surface area contributed by atoms with Gasteiger partial charge in [-0.15, -0.1) is 0 Å². The molecule has 0 saturated heterocycles. The summed E-state index contributed by atoms with van der Waals surface area (Å²) in [5, 5.41) is 6.86. The van der Waals surface area contributed by atoms with Crippen molar-refractivity contribution in [1.82, 2.24) is 10.3 Å². The van der Waals surface area contributed by atoms with Gasteiger partial charge in [-0.25, -0.2) is 4.63 Å². The number of ketones is 1. The molecule has 1 aromatic heterocycles. The highest BCUT2D eigenvalue weighted by Gasteiger charge is 2.18. The van der Waals surface area contributed by atoms with E-state index in [1.807, 2.05) is 0 Å². The summed E-state index contributed by atoms with van der Waals surface area (Å²) >= 11 is 0. The Labute approximate surface area is 63.5 Å². The molecule has 2 N–H and O–H groups in total. The lowest BCUT2D eigenvalue weighted by Crippen LogP contribution is -2.07. The average molecular weight is 155 g/mol. The number of hydrogen-bond donors (Lipinski definition) is 1. The first-order valence-corrected chi connectivity index (χ1v) is 3.21. The zero-order chi connectivity index (χ0) is 8.43. The molecule has 60 valence electrons. The molecule has 0 bridgehead atoms. The topological polar surface area (TPSA) is 82.0 Å². The van der Waals surface area contributed by atoms with Crippen molar-refractivity contribution in [3.8, 4) is 0 Å². The van der Waals surface area contributed by atoms with E-state index in [4.69, 9.17) is 5.73 Å². The molecular weight excluding hydrogens is 146 g/mol. The summed E-state index contributed by atoms with van der Waals surface area (Å²) in [5.74, 6) is -0.152. The minimum Gasteiger partial charge on any atom is -0.379 e. The lowest BCUT2D eigenvalue weighted by Gasteiger charge is -2.00. The van der Waals surface area contributed by atoms with Crippen molar-refractivity contribution in [2.24, 2.45) is 0 Å². The van der Waals surface area contributed by atoms with Gasteiger partial charge in [0.2, 0.25) is 0 Å². The molecule has 0 saturated carbocycles. The van der Waals surface area contributed by atoms with E-state index in [2.05, 4.69) is 14.9 Å². The van der Waals surface area contributed by atoms with E-state index in [-0.39, 0.29) is 17.5 Å². The number of anilines is 1. The summed E-state index contributed by atoms with van der Waals surface area (Å²) in [6.45, 7) is 3.18. The Bertz CT molecular complexity index is 269. The van der Waals surface area contributed by atoms with Gasteiger partial charge in [0.1, 0.15) is 11.5 Å². The summed E-state index contributed by atoms with van der Waals surface area (Å²) in [5.41, 5.74) is 5.77. The molecule has 0 spiro atoms. The van der Waals surface area contributed by atoms with Crippen LogP contribution in [0.4, 0.5) is 5.82 Å². The summed E-state index contributed by atoms with van der Waals surface area (Å²) in [7, 11) is 0. The zero-order valence-electron chi connectivity index (χ0n) is 6.37. The van der Waals surface area contributed by atoms with Crippen LogP contribution >= 0.6 is 0 Å². The fraction of sp³-hybridized carbons (Fsp3) is 0.500. The number of rotatable bonds is 2. The largest absolute Gasteiger partial charge is 0.379 e. The number of hydrogen-bond acceptors (Lipinski definition) is 5. The fourth-order valence-corrected chi connectivity index (χ4v) is 0.695. The highest BCUT2D eigenvalue weighted by Crippen LogP contribution is 2.17. The van der Waals surface area contributed by atoms with Crippen molar-refractivity contribution in [1.29, 1.82) is 0 Å². The summed E-state index contributed by atoms with van der Waals surface area (Å²) < 4.78 is 4.34. The van der Waals surface area contributed by atoms with Crippen LogP contribution in [0.1, 0.15) is 25.5 Å². The molecule has 0 aliphatic heterocycles. The maximum atomic E-state index is 10.8. The molecule has 1 unspecified atom stereocenters. The second-order valence-corrected chi connectivity index (χ2v) is 2.37. The molecule has 0 aliphatic rings. The van der Waals surface area contributed by atoms with Crippen molar-refractivity contribution in [2.45, 2.75) is 19.8 Å². The molecule has 1 rings (SSSR count). The van der Waals surface area contributed by atoms with Crippen LogP contribution in [0.25, 0.3) is 0 Å². The quantitative estimate of drug-likeness (QED) is 0.666. The normalized spacial score (nSPS) is 12.9. The smallest absolute Gasteiger partial charge is 0.192 e. The highest BCUT2D eigenvalue weighted by molar-refractivity contribution is 5.83. The van der Waals surface area contributed by atoms with E-state index in [1.165, 1.54) is 6.92 Å². The van der Waals surface area contributed by atoms with Crippen molar-refractivity contribution >= 4 is 11.6 Å². The van der Waals surface area contributed by atoms with E-state index in [9.17, 15) is 4.79 Å². The molecule has 0 fully saturated rings. The molecular formula is C6H9N3O2. The Balaban J connectivity index is 2.92. The number of carbonyl (C=O) groups is 1. The van der Waals surface area contributed by atoms with Gasteiger partial charge in [-0.05, 0) is 19.0 Å². The molecule has 1 aromatic rings. The Morgan fingerprint density at radius 3 is 2.64 bits per heavy atom. The lowest BCUT2D eigenvalue weighted by molar-refractivity contribution is -0.118. The molecule has 5 nitrogen and oxygen atoms in total. The number of nitrogens with zero attached hydrogens (tertiary/aromatic N) is 2. The van der Waals surface area contributed by atoms with Gasteiger partial charge in [0.05, 0.1) is 5.92 Å². The third-order valence-corrected chi connectivity index (χ3v) is 1.56. The fourth-order valence-electron chi connectivity index (χ4n) is 0.695. The number of nitrogens with two attached hydrogens (primary N) is 1. The Morgan fingerprint density at radius 1 is 1.64 bits per heavy atom. The summed E-state index contributed by atoms with van der Waals surface area (Å²) in [6.07, 6.45) is 0. The summed E-state index contributed by atoms with van der Waals surface area (Å²) in [4.78, 5) is 10.8. The van der Waals surface area contributed by atoms with Crippen LogP contribution in [-0.4, -0.2) is 16.1 Å². The van der Waals surface area contributed by atoms with Gasteiger partial charge in [-0.1, -0.05) is 5.16 Å². The first-order chi connectivity index (χ1) is 5.13. The molecule has 0 radical (unpaired) electrons. The Kier molecular flexibility index (Phi) is 1.89. The van der Waals surface area contributed by atoms with Crippen LogP contribution in [0.5, 0.6) is 0 Å². The highest BCUT2D eigenvalue weighted by atomic mass is 16.6. The maximum Gasteiger partial charge on any atom is 0.192 e. The predicted octanol–water partition coefficient (Wildman–Crippen LogP) is 0.344. The maximum absolute atomic E-state index is 10.8. The van der Waals surface area contributed by atoms with Crippen LogP contribution in [0, 0.1) is 0 Å². The van der Waals surface area contributed by atoms with Gasteiger partial charge in [0, 0.05) is 0 Å². The van der Waals surface area contributed by atoms with Crippen molar-refractivity contribution in [3.63, 3.8) is 0 Å². The van der Waals surface area contributed by atoms with Crippen LogP contribution in [0.3, 0.4) is 0 Å². The first-order valence-electron chi connectivity index (χ1n) is 3.21. The van der Waals surface area contributed by atoms with Crippen molar-refractivity contribution < 1.29 is 9.42 Å². The minimum atomic E-state index is -0.332. The molecule has 0 amide bonds. The third kappa shape index (κ3) is 1.36. The Hall–Kier alpha value is -1.39. The van der Waals surface area contributed by atoms with Gasteiger partial charge in [0.25, 0.3) is 0 Å². The SMILES string of the molecule is CC(=O)C(C)c1nonc1N.